The normalized spacial score (nSPS) is 11.1. The number of nitrogen functional groups attached to an aromatic ring is 1. The van der Waals surface area contributed by atoms with Gasteiger partial charge in [0, 0.05) is 5.56 Å². The molecule has 17 heavy (non-hydrogen) atoms. The van der Waals surface area contributed by atoms with Crippen LogP contribution in [-0.2, 0) is 20.4 Å². The molecule has 1 aromatic carbocycles. The van der Waals surface area contributed by atoms with Crippen LogP contribution in [0.3, 0.4) is 0 Å². The van der Waals surface area contributed by atoms with Crippen molar-refractivity contribution in [1.82, 2.24) is 0 Å². The van der Waals surface area contributed by atoms with Crippen LogP contribution in [0.4, 0.5) is 0 Å². The third kappa shape index (κ3) is 4.23. The molecule has 0 bridgehead atoms. The molecule has 1 aromatic rings. The third-order valence-electron chi connectivity index (χ3n) is 1.99. The van der Waals surface area contributed by atoms with Crippen LogP contribution in [0.5, 0.6) is 0 Å². The molecule has 0 fully saturated rings. The van der Waals surface area contributed by atoms with E-state index >= 15 is 0 Å². The minimum absolute atomic E-state index is 0.107. The fraction of sp³-hybridized carbons (Fsp3) is 0.200. The van der Waals surface area contributed by atoms with Gasteiger partial charge in [-0.3, -0.25) is 10.2 Å². The molecule has 1 rings (SSSR count). The second-order valence-electron chi connectivity index (χ2n) is 3.54. The van der Waals surface area contributed by atoms with Gasteiger partial charge in [0.1, 0.15) is 11.6 Å². The number of sulfone groups is 1. The highest BCUT2D eigenvalue weighted by atomic mass is 32.2. The molecule has 0 radical (unpaired) electrons. The molecule has 7 heteroatoms. The predicted molar refractivity (Wildman–Crippen MR) is 62.6 cm³/mol. The molecule has 0 spiro atoms. The summed E-state index contributed by atoms with van der Waals surface area (Å²) in [5, 5.41) is 15.6. The fourth-order valence-corrected chi connectivity index (χ4v) is 2.45. The predicted octanol–water partition coefficient (Wildman–Crippen LogP) is -0.0299. The SMILES string of the molecule is N=C(N)c1ccc(CS(=O)(=O)CC(=O)O)cc1. The topological polar surface area (TPSA) is 121 Å². The average molecular weight is 256 g/mol. The van der Waals surface area contributed by atoms with Crippen molar-refractivity contribution in [3.8, 4) is 0 Å². The summed E-state index contributed by atoms with van der Waals surface area (Å²) in [5.74, 6) is -2.70. The van der Waals surface area contributed by atoms with Gasteiger partial charge in [-0.2, -0.15) is 0 Å². The van der Waals surface area contributed by atoms with E-state index in [4.69, 9.17) is 16.2 Å². The van der Waals surface area contributed by atoms with Gasteiger partial charge in [0.2, 0.25) is 0 Å². The summed E-state index contributed by atoms with van der Waals surface area (Å²) in [4.78, 5) is 10.3. The van der Waals surface area contributed by atoms with Crippen LogP contribution in [0, 0.1) is 5.41 Å². The van der Waals surface area contributed by atoms with E-state index in [-0.39, 0.29) is 11.6 Å². The first-order valence-electron chi connectivity index (χ1n) is 4.66. The molecule has 92 valence electrons. The van der Waals surface area contributed by atoms with Crippen LogP contribution in [-0.4, -0.2) is 31.1 Å². The van der Waals surface area contributed by atoms with E-state index in [1.54, 1.807) is 0 Å². The van der Waals surface area contributed by atoms with Crippen molar-refractivity contribution in [3.05, 3.63) is 35.4 Å². The fourth-order valence-electron chi connectivity index (χ4n) is 1.27. The number of benzene rings is 1. The molecule has 0 aliphatic carbocycles. The number of carbonyl (C=O) groups is 1. The number of nitrogens with two attached hydrogens (primary N) is 1. The summed E-state index contributed by atoms with van der Waals surface area (Å²) < 4.78 is 22.8. The molecule has 0 aromatic heterocycles. The van der Waals surface area contributed by atoms with Crippen molar-refractivity contribution in [1.29, 1.82) is 5.41 Å². The molecule has 0 heterocycles. The molecule has 0 saturated heterocycles. The van der Waals surface area contributed by atoms with E-state index < -0.39 is 21.6 Å². The Morgan fingerprint density at radius 1 is 1.29 bits per heavy atom. The number of hydrogen-bond acceptors (Lipinski definition) is 4. The number of carboxylic acid groups (broad SMARTS) is 1. The van der Waals surface area contributed by atoms with Crippen LogP contribution in [0.25, 0.3) is 0 Å². The Kier molecular flexibility index (Phi) is 3.84. The maximum absolute atomic E-state index is 11.4. The number of carboxylic acids is 1. The number of nitrogens with one attached hydrogen (secondary N) is 1. The summed E-state index contributed by atoms with van der Waals surface area (Å²) in [6.45, 7) is 0. The van der Waals surface area contributed by atoms with E-state index in [0.29, 0.717) is 11.1 Å². The van der Waals surface area contributed by atoms with E-state index in [1.165, 1.54) is 24.3 Å². The van der Waals surface area contributed by atoms with Crippen molar-refractivity contribution in [2.24, 2.45) is 5.73 Å². The number of amidine groups is 1. The molecular weight excluding hydrogens is 244 g/mol. The van der Waals surface area contributed by atoms with Crippen LogP contribution in [0.2, 0.25) is 0 Å². The van der Waals surface area contributed by atoms with Crippen molar-refractivity contribution >= 4 is 21.6 Å². The molecule has 4 N–H and O–H groups in total. The zero-order valence-electron chi connectivity index (χ0n) is 8.88. The Morgan fingerprint density at radius 3 is 2.24 bits per heavy atom. The lowest BCUT2D eigenvalue weighted by Crippen LogP contribution is -2.17. The molecule has 0 saturated carbocycles. The van der Waals surface area contributed by atoms with Crippen molar-refractivity contribution < 1.29 is 18.3 Å². The Bertz CT molecular complexity index is 534. The van der Waals surface area contributed by atoms with Crippen LogP contribution in [0.15, 0.2) is 24.3 Å². The summed E-state index contributed by atoms with van der Waals surface area (Å²) in [5.41, 5.74) is 6.20. The minimum Gasteiger partial charge on any atom is -0.480 e. The molecular formula is C10H12N2O4S. The molecule has 0 unspecified atom stereocenters. The minimum atomic E-state index is -3.65. The lowest BCUT2D eigenvalue weighted by molar-refractivity contribution is -0.134. The standard InChI is InChI=1S/C10H12N2O4S/c11-10(12)8-3-1-7(2-4-8)5-17(15,16)6-9(13)14/h1-4H,5-6H2,(H3,11,12)(H,13,14). The number of aliphatic carboxylic acids is 1. The first kappa shape index (κ1) is 13.2. The Balaban J connectivity index is 2.82. The quantitative estimate of drug-likeness (QED) is 0.504. The van der Waals surface area contributed by atoms with Crippen molar-refractivity contribution in [3.63, 3.8) is 0 Å². The molecule has 0 aliphatic rings. The number of rotatable bonds is 5. The van der Waals surface area contributed by atoms with E-state index in [0.717, 1.165) is 0 Å². The van der Waals surface area contributed by atoms with Gasteiger partial charge in [-0.05, 0) is 5.56 Å². The van der Waals surface area contributed by atoms with Gasteiger partial charge in [-0.25, -0.2) is 8.42 Å². The van der Waals surface area contributed by atoms with Gasteiger partial charge in [-0.15, -0.1) is 0 Å². The second-order valence-corrected chi connectivity index (χ2v) is 5.60. The van der Waals surface area contributed by atoms with Gasteiger partial charge in [0.05, 0.1) is 5.75 Å². The highest BCUT2D eigenvalue weighted by Crippen LogP contribution is 2.08. The average Bonchev–Trinajstić information content (AvgIpc) is 2.15. The highest BCUT2D eigenvalue weighted by Gasteiger charge is 2.16. The monoisotopic (exact) mass is 256 g/mol. The van der Waals surface area contributed by atoms with Crippen LogP contribution < -0.4 is 5.73 Å². The Hall–Kier alpha value is -1.89. The largest absolute Gasteiger partial charge is 0.480 e. The Labute approximate surface area is 98.5 Å². The smallest absolute Gasteiger partial charge is 0.318 e. The van der Waals surface area contributed by atoms with Gasteiger partial charge in [0.25, 0.3) is 0 Å². The number of hydrogen-bond donors (Lipinski definition) is 3. The van der Waals surface area contributed by atoms with E-state index in [2.05, 4.69) is 0 Å². The maximum atomic E-state index is 11.4. The summed E-state index contributed by atoms with van der Waals surface area (Å²) in [6, 6.07) is 6.06. The van der Waals surface area contributed by atoms with E-state index in [1.807, 2.05) is 0 Å². The van der Waals surface area contributed by atoms with E-state index in [9.17, 15) is 13.2 Å². The third-order valence-corrected chi connectivity index (χ3v) is 3.45. The maximum Gasteiger partial charge on any atom is 0.318 e. The summed E-state index contributed by atoms with van der Waals surface area (Å²) >= 11 is 0. The van der Waals surface area contributed by atoms with Crippen LogP contribution in [0.1, 0.15) is 11.1 Å². The van der Waals surface area contributed by atoms with Gasteiger partial charge < -0.3 is 10.8 Å². The first-order valence-corrected chi connectivity index (χ1v) is 6.48. The van der Waals surface area contributed by atoms with Gasteiger partial charge in [-0.1, -0.05) is 24.3 Å². The first-order chi connectivity index (χ1) is 7.80. The summed E-state index contributed by atoms with van der Waals surface area (Å²) in [6.07, 6.45) is 0. The second kappa shape index (κ2) is 4.96. The zero-order valence-corrected chi connectivity index (χ0v) is 9.70. The van der Waals surface area contributed by atoms with Crippen molar-refractivity contribution in [2.45, 2.75) is 5.75 Å². The van der Waals surface area contributed by atoms with Crippen molar-refractivity contribution in [2.75, 3.05) is 5.75 Å². The highest BCUT2D eigenvalue weighted by molar-refractivity contribution is 7.91. The lowest BCUT2D eigenvalue weighted by atomic mass is 10.1. The van der Waals surface area contributed by atoms with Crippen LogP contribution >= 0.6 is 0 Å². The molecule has 0 aliphatic heterocycles. The van der Waals surface area contributed by atoms with Gasteiger partial charge >= 0.3 is 5.97 Å². The molecule has 6 nitrogen and oxygen atoms in total. The zero-order chi connectivity index (χ0) is 13.1. The van der Waals surface area contributed by atoms with Gasteiger partial charge in [0.15, 0.2) is 9.84 Å². The Morgan fingerprint density at radius 2 is 1.82 bits per heavy atom. The summed E-state index contributed by atoms with van der Waals surface area (Å²) in [7, 11) is -3.65. The lowest BCUT2D eigenvalue weighted by Gasteiger charge is -2.03. The molecule has 0 atom stereocenters. The molecule has 0 amide bonds.